The van der Waals surface area contributed by atoms with Crippen LogP contribution in [0.4, 0.5) is 30.4 Å². The second-order valence-electron chi connectivity index (χ2n) is 6.18. The molecule has 2 aromatic carbocycles. The molecule has 3 N–H and O–H groups in total. The number of halogens is 4. The number of rotatable bonds is 4. The van der Waals surface area contributed by atoms with Crippen LogP contribution in [0.15, 0.2) is 42.7 Å². The van der Waals surface area contributed by atoms with Crippen molar-refractivity contribution in [2.45, 2.75) is 20.0 Å². The van der Waals surface area contributed by atoms with Gasteiger partial charge in [-0.2, -0.15) is 18.2 Å². The van der Waals surface area contributed by atoms with Crippen LogP contribution in [0.2, 0.25) is 5.02 Å². The summed E-state index contributed by atoms with van der Waals surface area (Å²) in [5.41, 5.74) is 7.28. The van der Waals surface area contributed by atoms with E-state index in [0.29, 0.717) is 5.75 Å². The molecule has 0 atom stereocenters. The normalized spacial score (nSPS) is 11.4. The van der Waals surface area contributed by atoms with Gasteiger partial charge in [-0.15, -0.1) is 0 Å². The van der Waals surface area contributed by atoms with Crippen molar-refractivity contribution in [3.05, 3.63) is 64.4 Å². The number of hydrogen-bond donors (Lipinski definition) is 2. The van der Waals surface area contributed by atoms with Crippen molar-refractivity contribution in [1.82, 2.24) is 9.97 Å². The SMILES string of the molecule is Cc1cc(C)cc(Oc2ncnc(Nc3ccc(Cl)c(C(F)(F)F)c3)c2N)c1. The Morgan fingerprint density at radius 2 is 1.71 bits per heavy atom. The maximum Gasteiger partial charge on any atom is 0.417 e. The van der Waals surface area contributed by atoms with E-state index in [2.05, 4.69) is 15.3 Å². The van der Waals surface area contributed by atoms with Crippen molar-refractivity contribution in [1.29, 1.82) is 0 Å². The Morgan fingerprint density at radius 3 is 2.36 bits per heavy atom. The number of hydrogen-bond acceptors (Lipinski definition) is 5. The highest BCUT2D eigenvalue weighted by Crippen LogP contribution is 2.37. The van der Waals surface area contributed by atoms with Crippen LogP contribution in [-0.4, -0.2) is 9.97 Å². The molecule has 0 aliphatic carbocycles. The molecule has 1 aromatic heterocycles. The number of aromatic nitrogens is 2. The molecule has 0 fully saturated rings. The molecule has 146 valence electrons. The third-order valence-electron chi connectivity index (χ3n) is 3.79. The van der Waals surface area contributed by atoms with Gasteiger partial charge in [-0.25, -0.2) is 4.98 Å². The first-order valence-corrected chi connectivity index (χ1v) is 8.51. The minimum absolute atomic E-state index is 0.0603. The van der Waals surface area contributed by atoms with Crippen LogP contribution in [0.1, 0.15) is 16.7 Å². The fraction of sp³-hybridized carbons (Fsp3) is 0.158. The van der Waals surface area contributed by atoms with E-state index in [1.165, 1.54) is 12.4 Å². The number of nitrogens with one attached hydrogen (secondary N) is 1. The summed E-state index contributed by atoms with van der Waals surface area (Å²) in [4.78, 5) is 7.99. The van der Waals surface area contributed by atoms with Crippen LogP contribution in [0.3, 0.4) is 0 Å². The lowest BCUT2D eigenvalue weighted by atomic mass is 10.1. The van der Waals surface area contributed by atoms with Crippen LogP contribution in [0.25, 0.3) is 0 Å². The van der Waals surface area contributed by atoms with Gasteiger partial charge in [0.05, 0.1) is 10.6 Å². The van der Waals surface area contributed by atoms with Crippen molar-refractivity contribution in [2.75, 3.05) is 11.1 Å². The summed E-state index contributed by atoms with van der Waals surface area (Å²) >= 11 is 5.64. The van der Waals surface area contributed by atoms with Crippen molar-refractivity contribution in [3.8, 4) is 11.6 Å². The zero-order valence-corrected chi connectivity index (χ0v) is 15.7. The fourth-order valence-corrected chi connectivity index (χ4v) is 2.85. The molecule has 0 unspecified atom stereocenters. The van der Waals surface area contributed by atoms with E-state index in [1.54, 1.807) is 0 Å². The summed E-state index contributed by atoms with van der Waals surface area (Å²) in [5, 5.41) is 2.35. The van der Waals surface area contributed by atoms with Gasteiger partial charge in [0.1, 0.15) is 17.8 Å². The Balaban J connectivity index is 1.89. The number of nitrogen functional groups attached to an aromatic ring is 1. The lowest BCUT2D eigenvalue weighted by molar-refractivity contribution is -0.137. The second-order valence-corrected chi connectivity index (χ2v) is 6.59. The summed E-state index contributed by atoms with van der Waals surface area (Å²) in [6.45, 7) is 3.85. The summed E-state index contributed by atoms with van der Waals surface area (Å²) < 4.78 is 44.8. The smallest absolute Gasteiger partial charge is 0.417 e. The van der Waals surface area contributed by atoms with Gasteiger partial charge >= 0.3 is 6.18 Å². The Labute approximate surface area is 164 Å². The number of ether oxygens (including phenoxy) is 1. The zero-order chi connectivity index (χ0) is 20.5. The van der Waals surface area contributed by atoms with Crippen LogP contribution < -0.4 is 15.8 Å². The average molecular weight is 409 g/mol. The predicted molar refractivity (Wildman–Crippen MR) is 102 cm³/mol. The molecule has 0 spiro atoms. The van der Waals surface area contributed by atoms with Gasteiger partial charge in [0.25, 0.3) is 0 Å². The van der Waals surface area contributed by atoms with Gasteiger partial charge in [0.15, 0.2) is 5.82 Å². The fourth-order valence-electron chi connectivity index (χ4n) is 2.62. The standard InChI is InChI=1S/C19H16ClF3N4O/c1-10-5-11(2)7-13(6-10)28-18-16(24)17(25-9-26-18)27-12-3-4-15(20)14(8-12)19(21,22)23/h3-9H,24H2,1-2H3,(H,25,26,27). The molecule has 0 radical (unpaired) electrons. The maximum absolute atomic E-state index is 13.0. The molecule has 0 aliphatic heterocycles. The number of nitrogens with zero attached hydrogens (tertiary/aromatic N) is 2. The molecular formula is C19H16ClF3N4O. The third-order valence-corrected chi connectivity index (χ3v) is 4.12. The highest BCUT2D eigenvalue weighted by atomic mass is 35.5. The van der Waals surface area contributed by atoms with E-state index in [9.17, 15) is 13.2 Å². The van der Waals surface area contributed by atoms with Gasteiger partial charge in [0, 0.05) is 5.69 Å². The second kappa shape index (κ2) is 7.55. The lowest BCUT2D eigenvalue weighted by Crippen LogP contribution is -2.07. The van der Waals surface area contributed by atoms with Crippen molar-refractivity contribution in [3.63, 3.8) is 0 Å². The molecule has 28 heavy (non-hydrogen) atoms. The van der Waals surface area contributed by atoms with Crippen LogP contribution in [-0.2, 0) is 6.18 Å². The third kappa shape index (κ3) is 4.45. The quantitative estimate of drug-likeness (QED) is 0.563. The van der Waals surface area contributed by atoms with Gasteiger partial charge in [-0.05, 0) is 55.3 Å². The molecular weight excluding hydrogens is 393 g/mol. The van der Waals surface area contributed by atoms with E-state index in [4.69, 9.17) is 22.1 Å². The Hall–Kier alpha value is -3.00. The van der Waals surface area contributed by atoms with Gasteiger partial charge in [-0.3, -0.25) is 0 Å². The lowest BCUT2D eigenvalue weighted by Gasteiger charge is -2.14. The van der Waals surface area contributed by atoms with Crippen molar-refractivity contribution >= 4 is 28.8 Å². The number of aryl methyl sites for hydroxylation is 2. The molecule has 1 heterocycles. The van der Waals surface area contributed by atoms with E-state index in [1.807, 2.05) is 32.0 Å². The molecule has 9 heteroatoms. The molecule has 0 bridgehead atoms. The first-order valence-electron chi connectivity index (χ1n) is 8.14. The zero-order valence-electron chi connectivity index (χ0n) is 14.9. The summed E-state index contributed by atoms with van der Waals surface area (Å²) in [5.74, 6) is 0.747. The molecule has 3 rings (SSSR count). The monoisotopic (exact) mass is 408 g/mol. The minimum Gasteiger partial charge on any atom is -0.437 e. The molecule has 5 nitrogen and oxygen atoms in total. The van der Waals surface area contributed by atoms with Gasteiger partial charge in [-0.1, -0.05) is 17.7 Å². The van der Waals surface area contributed by atoms with Crippen LogP contribution in [0, 0.1) is 13.8 Å². The highest BCUT2D eigenvalue weighted by molar-refractivity contribution is 6.31. The van der Waals surface area contributed by atoms with Crippen molar-refractivity contribution in [2.24, 2.45) is 0 Å². The topological polar surface area (TPSA) is 73.1 Å². The first-order chi connectivity index (χ1) is 13.1. The number of nitrogens with two attached hydrogens (primary N) is 1. The summed E-state index contributed by atoms with van der Waals surface area (Å²) in [6, 6.07) is 9.05. The highest BCUT2D eigenvalue weighted by Gasteiger charge is 2.33. The van der Waals surface area contributed by atoms with E-state index in [-0.39, 0.29) is 23.1 Å². The van der Waals surface area contributed by atoms with E-state index >= 15 is 0 Å². The van der Waals surface area contributed by atoms with Crippen LogP contribution in [0.5, 0.6) is 11.6 Å². The van der Waals surface area contributed by atoms with E-state index < -0.39 is 16.8 Å². The first kappa shape index (κ1) is 19.8. The molecule has 0 saturated heterocycles. The Morgan fingerprint density at radius 1 is 1.04 bits per heavy atom. The molecule has 3 aromatic rings. The molecule has 0 saturated carbocycles. The van der Waals surface area contributed by atoms with Crippen molar-refractivity contribution < 1.29 is 17.9 Å². The van der Waals surface area contributed by atoms with Gasteiger partial charge < -0.3 is 15.8 Å². The molecule has 0 amide bonds. The predicted octanol–water partition coefficient (Wildman–Crippen LogP) is 5.88. The summed E-state index contributed by atoms with van der Waals surface area (Å²) in [7, 11) is 0. The van der Waals surface area contributed by atoms with E-state index in [0.717, 1.165) is 23.3 Å². The summed E-state index contributed by atoms with van der Waals surface area (Å²) in [6.07, 6.45) is -3.37. The van der Waals surface area contributed by atoms with Crippen LogP contribution >= 0.6 is 11.6 Å². The Bertz CT molecular complexity index is 1000. The number of benzene rings is 2. The largest absolute Gasteiger partial charge is 0.437 e. The molecule has 0 aliphatic rings. The Kier molecular flexibility index (Phi) is 5.33. The minimum atomic E-state index is -4.58. The van der Waals surface area contributed by atoms with Gasteiger partial charge in [0.2, 0.25) is 5.88 Å². The number of alkyl halides is 3. The number of anilines is 3. The average Bonchev–Trinajstić information content (AvgIpc) is 2.58. The maximum atomic E-state index is 13.0.